The molecule has 0 unspecified atom stereocenters. The fraction of sp³-hybridized carbons (Fsp3) is 0.231. The Kier molecular flexibility index (Phi) is 4.07. The lowest BCUT2D eigenvalue weighted by Gasteiger charge is -2.17. The monoisotopic (exact) mass is 295 g/mol. The summed E-state index contributed by atoms with van der Waals surface area (Å²) in [5, 5.41) is 1.39. The van der Waals surface area contributed by atoms with Gasteiger partial charge in [0.1, 0.15) is 0 Å². The Morgan fingerprint density at radius 1 is 1.53 bits per heavy atom. The Morgan fingerprint density at radius 2 is 2.26 bits per heavy atom. The number of nitrogens with zero attached hydrogens (tertiary/aromatic N) is 2. The number of thiazole rings is 1. The summed E-state index contributed by atoms with van der Waals surface area (Å²) < 4.78 is 0. The normalized spacial score (nSPS) is 10.5. The molecule has 0 spiro atoms. The fourth-order valence-corrected chi connectivity index (χ4v) is 2.74. The minimum atomic E-state index is -0.150. The van der Waals surface area contributed by atoms with Crippen LogP contribution in [-0.2, 0) is 6.54 Å². The summed E-state index contributed by atoms with van der Waals surface area (Å²) in [5.74, 6) is -0.150. The summed E-state index contributed by atoms with van der Waals surface area (Å²) in [6, 6.07) is 4.90. The second kappa shape index (κ2) is 5.59. The van der Waals surface area contributed by atoms with Crippen molar-refractivity contribution in [3.8, 4) is 0 Å². The van der Waals surface area contributed by atoms with E-state index in [1.165, 1.54) is 0 Å². The minimum Gasteiger partial charge on any atom is -0.399 e. The molecule has 2 N–H and O–H groups in total. The molecule has 0 saturated carbocycles. The quantitative estimate of drug-likeness (QED) is 0.886. The number of nitrogen functional groups attached to an aromatic ring is 1. The Labute approximate surface area is 120 Å². The molecule has 0 aliphatic carbocycles. The van der Waals surface area contributed by atoms with E-state index in [9.17, 15) is 4.79 Å². The lowest BCUT2D eigenvalue weighted by molar-refractivity contribution is 0.0786. The van der Waals surface area contributed by atoms with E-state index in [1.807, 2.05) is 6.92 Å². The van der Waals surface area contributed by atoms with Gasteiger partial charge in [-0.1, -0.05) is 11.6 Å². The van der Waals surface area contributed by atoms with Gasteiger partial charge in [0.15, 0.2) is 0 Å². The van der Waals surface area contributed by atoms with Gasteiger partial charge in [-0.3, -0.25) is 4.79 Å². The first-order valence-electron chi connectivity index (χ1n) is 5.69. The fourth-order valence-electron chi connectivity index (χ4n) is 1.70. The highest BCUT2D eigenvalue weighted by Crippen LogP contribution is 2.21. The van der Waals surface area contributed by atoms with E-state index in [2.05, 4.69) is 4.98 Å². The van der Waals surface area contributed by atoms with Crippen LogP contribution in [0.15, 0.2) is 24.4 Å². The Bertz CT molecular complexity index is 612. The zero-order valence-electron chi connectivity index (χ0n) is 10.7. The van der Waals surface area contributed by atoms with Crippen LogP contribution in [0.25, 0.3) is 0 Å². The predicted octanol–water partition coefficient (Wildman–Crippen LogP) is 2.96. The highest BCUT2D eigenvalue weighted by Gasteiger charge is 2.16. The third-order valence-electron chi connectivity index (χ3n) is 2.63. The van der Waals surface area contributed by atoms with E-state index in [0.29, 0.717) is 22.8 Å². The molecule has 0 fully saturated rings. The molecule has 0 bridgehead atoms. The van der Waals surface area contributed by atoms with Crippen molar-refractivity contribution in [2.75, 3.05) is 12.8 Å². The van der Waals surface area contributed by atoms with Crippen molar-refractivity contribution in [3.63, 3.8) is 0 Å². The van der Waals surface area contributed by atoms with E-state index < -0.39 is 0 Å². The van der Waals surface area contributed by atoms with Crippen LogP contribution < -0.4 is 5.73 Å². The van der Waals surface area contributed by atoms with E-state index in [-0.39, 0.29) is 5.91 Å². The number of rotatable bonds is 3. The second-order valence-electron chi connectivity index (χ2n) is 4.25. The number of aromatic nitrogens is 1. The number of nitrogens with two attached hydrogens (primary N) is 1. The van der Waals surface area contributed by atoms with Crippen molar-refractivity contribution in [1.29, 1.82) is 0 Å². The van der Waals surface area contributed by atoms with Crippen molar-refractivity contribution < 1.29 is 4.79 Å². The van der Waals surface area contributed by atoms with Gasteiger partial charge in [0, 0.05) is 23.8 Å². The molecule has 6 heteroatoms. The Morgan fingerprint density at radius 3 is 2.89 bits per heavy atom. The third-order valence-corrected chi connectivity index (χ3v) is 3.86. The lowest BCUT2D eigenvalue weighted by atomic mass is 10.2. The molecule has 0 aliphatic rings. The van der Waals surface area contributed by atoms with Gasteiger partial charge in [0.05, 0.1) is 22.1 Å². The number of amides is 1. The molecule has 1 aromatic carbocycles. The summed E-state index contributed by atoms with van der Waals surface area (Å²) in [6.07, 6.45) is 1.78. The van der Waals surface area contributed by atoms with Crippen LogP contribution in [-0.4, -0.2) is 22.8 Å². The largest absolute Gasteiger partial charge is 0.399 e. The molecule has 1 heterocycles. The summed E-state index contributed by atoms with van der Waals surface area (Å²) in [4.78, 5) is 19.1. The lowest BCUT2D eigenvalue weighted by Crippen LogP contribution is -2.26. The maximum atomic E-state index is 12.3. The number of benzene rings is 1. The molecule has 2 aromatic rings. The number of carbonyl (C=O) groups is 1. The number of carbonyl (C=O) groups excluding carboxylic acids is 1. The number of halogens is 1. The van der Waals surface area contributed by atoms with Gasteiger partial charge in [-0.2, -0.15) is 0 Å². The van der Waals surface area contributed by atoms with E-state index in [4.69, 9.17) is 17.3 Å². The number of hydrogen-bond acceptors (Lipinski definition) is 4. The van der Waals surface area contributed by atoms with Crippen LogP contribution >= 0.6 is 22.9 Å². The van der Waals surface area contributed by atoms with Gasteiger partial charge in [0.2, 0.25) is 0 Å². The van der Waals surface area contributed by atoms with Crippen molar-refractivity contribution in [1.82, 2.24) is 9.88 Å². The SMILES string of the molecule is Cc1ncc(CN(C)C(=O)c2cc(N)ccc2Cl)s1. The maximum absolute atomic E-state index is 12.3. The highest BCUT2D eigenvalue weighted by molar-refractivity contribution is 7.11. The molecule has 1 amide bonds. The molecule has 19 heavy (non-hydrogen) atoms. The summed E-state index contributed by atoms with van der Waals surface area (Å²) >= 11 is 7.60. The maximum Gasteiger partial charge on any atom is 0.255 e. The molecule has 0 radical (unpaired) electrons. The van der Waals surface area contributed by atoms with E-state index in [1.54, 1.807) is 47.7 Å². The van der Waals surface area contributed by atoms with E-state index >= 15 is 0 Å². The number of aryl methyl sites for hydroxylation is 1. The number of anilines is 1. The predicted molar refractivity (Wildman–Crippen MR) is 78.5 cm³/mol. The Hall–Kier alpha value is -1.59. The topological polar surface area (TPSA) is 59.2 Å². The zero-order valence-corrected chi connectivity index (χ0v) is 12.3. The molecule has 0 aliphatic heterocycles. The van der Waals surface area contributed by atoms with Crippen molar-refractivity contribution in [3.05, 3.63) is 44.9 Å². The minimum absolute atomic E-state index is 0.150. The molecule has 100 valence electrons. The van der Waals surface area contributed by atoms with Gasteiger partial charge >= 0.3 is 0 Å². The summed E-state index contributed by atoms with van der Waals surface area (Å²) in [5.41, 5.74) is 6.63. The van der Waals surface area contributed by atoms with E-state index in [0.717, 1.165) is 9.88 Å². The smallest absolute Gasteiger partial charge is 0.255 e. The second-order valence-corrected chi connectivity index (χ2v) is 5.97. The highest BCUT2D eigenvalue weighted by atomic mass is 35.5. The van der Waals surface area contributed by atoms with Crippen molar-refractivity contribution >= 4 is 34.5 Å². The van der Waals surface area contributed by atoms with Crippen molar-refractivity contribution in [2.24, 2.45) is 0 Å². The summed E-state index contributed by atoms with van der Waals surface area (Å²) in [7, 11) is 1.73. The van der Waals surface area contributed by atoms with Crippen molar-refractivity contribution in [2.45, 2.75) is 13.5 Å². The van der Waals surface area contributed by atoms with Crippen LogP contribution in [0, 0.1) is 6.92 Å². The average Bonchev–Trinajstić information content (AvgIpc) is 2.77. The van der Waals surface area contributed by atoms with Crippen LogP contribution in [0.2, 0.25) is 5.02 Å². The molecular formula is C13H14ClN3OS. The zero-order chi connectivity index (χ0) is 14.0. The van der Waals surface area contributed by atoms with Crippen LogP contribution in [0.5, 0.6) is 0 Å². The first-order valence-corrected chi connectivity index (χ1v) is 6.88. The molecule has 1 aromatic heterocycles. The first kappa shape index (κ1) is 13.8. The molecule has 0 saturated heterocycles. The molecule has 4 nitrogen and oxygen atoms in total. The van der Waals surface area contributed by atoms with Gasteiger partial charge in [-0.25, -0.2) is 4.98 Å². The van der Waals surface area contributed by atoms with Gasteiger partial charge < -0.3 is 10.6 Å². The Balaban J connectivity index is 2.16. The van der Waals surface area contributed by atoms with Gasteiger partial charge in [-0.15, -0.1) is 11.3 Å². The standard InChI is InChI=1S/C13H14ClN3OS/c1-8-16-6-10(19-8)7-17(2)13(18)11-5-9(15)3-4-12(11)14/h3-6H,7,15H2,1-2H3. The number of hydrogen-bond donors (Lipinski definition) is 1. The average molecular weight is 296 g/mol. The molecule has 2 rings (SSSR count). The van der Waals surface area contributed by atoms with Gasteiger partial charge in [0.25, 0.3) is 5.91 Å². The van der Waals surface area contributed by atoms with Gasteiger partial charge in [-0.05, 0) is 25.1 Å². The van der Waals surface area contributed by atoms with Crippen LogP contribution in [0.1, 0.15) is 20.2 Å². The molecular weight excluding hydrogens is 282 g/mol. The first-order chi connectivity index (χ1) is 8.97. The molecule has 0 atom stereocenters. The summed E-state index contributed by atoms with van der Waals surface area (Å²) in [6.45, 7) is 2.44. The third kappa shape index (κ3) is 3.24. The van der Waals surface area contributed by atoms with Crippen LogP contribution in [0.4, 0.5) is 5.69 Å². The van der Waals surface area contributed by atoms with Crippen LogP contribution in [0.3, 0.4) is 0 Å².